The molecule has 2 aromatic rings. The average Bonchev–Trinajstić information content (AvgIpc) is 3.23. The van der Waals surface area contributed by atoms with Gasteiger partial charge < -0.3 is 14.8 Å². The molecule has 3 rings (SSSR count). The summed E-state index contributed by atoms with van der Waals surface area (Å²) in [4.78, 5) is 15.2. The van der Waals surface area contributed by atoms with Crippen LogP contribution in [0.4, 0.5) is 0 Å². The SMILES string of the molecule is COc1ccc(C(=O)NCC(c2ccccc2C)N2CCCC2)cc1OC. The van der Waals surface area contributed by atoms with Crippen molar-refractivity contribution >= 4 is 5.91 Å². The van der Waals surface area contributed by atoms with Gasteiger partial charge >= 0.3 is 0 Å². The van der Waals surface area contributed by atoms with Crippen molar-refractivity contribution in [3.8, 4) is 11.5 Å². The van der Waals surface area contributed by atoms with Gasteiger partial charge in [0.15, 0.2) is 11.5 Å². The molecule has 5 heteroatoms. The maximum atomic E-state index is 12.7. The summed E-state index contributed by atoms with van der Waals surface area (Å²) in [5.74, 6) is 1.07. The number of benzene rings is 2. The zero-order valence-corrected chi connectivity index (χ0v) is 16.3. The van der Waals surface area contributed by atoms with Crippen LogP contribution in [0, 0.1) is 6.92 Å². The van der Waals surface area contributed by atoms with E-state index < -0.39 is 0 Å². The summed E-state index contributed by atoms with van der Waals surface area (Å²) in [7, 11) is 3.15. The van der Waals surface area contributed by atoms with Crippen LogP contribution in [0.5, 0.6) is 11.5 Å². The van der Waals surface area contributed by atoms with Crippen molar-refractivity contribution < 1.29 is 14.3 Å². The molecule has 1 aliphatic rings. The number of nitrogens with one attached hydrogen (secondary N) is 1. The van der Waals surface area contributed by atoms with Crippen LogP contribution in [-0.4, -0.2) is 44.7 Å². The largest absolute Gasteiger partial charge is 0.493 e. The van der Waals surface area contributed by atoms with E-state index in [9.17, 15) is 4.79 Å². The smallest absolute Gasteiger partial charge is 0.251 e. The highest BCUT2D eigenvalue weighted by atomic mass is 16.5. The maximum Gasteiger partial charge on any atom is 0.251 e. The molecule has 1 atom stereocenters. The Morgan fingerprint density at radius 3 is 2.44 bits per heavy atom. The minimum atomic E-state index is -0.103. The second-order valence-corrected chi connectivity index (χ2v) is 6.90. The molecule has 5 nitrogen and oxygen atoms in total. The van der Waals surface area contributed by atoms with Gasteiger partial charge in [-0.25, -0.2) is 0 Å². The molecule has 0 saturated carbocycles. The number of hydrogen-bond acceptors (Lipinski definition) is 4. The molecule has 1 saturated heterocycles. The lowest BCUT2D eigenvalue weighted by Gasteiger charge is -2.29. The lowest BCUT2D eigenvalue weighted by molar-refractivity contribution is 0.0937. The molecule has 0 radical (unpaired) electrons. The van der Waals surface area contributed by atoms with E-state index in [0.29, 0.717) is 23.6 Å². The van der Waals surface area contributed by atoms with E-state index in [-0.39, 0.29) is 11.9 Å². The summed E-state index contributed by atoms with van der Waals surface area (Å²) < 4.78 is 10.6. The highest BCUT2D eigenvalue weighted by Gasteiger charge is 2.25. The Morgan fingerprint density at radius 1 is 1.07 bits per heavy atom. The van der Waals surface area contributed by atoms with Crippen LogP contribution in [0.25, 0.3) is 0 Å². The summed E-state index contributed by atoms with van der Waals surface area (Å²) in [5, 5.41) is 3.11. The summed E-state index contributed by atoms with van der Waals surface area (Å²) >= 11 is 0. The molecule has 1 heterocycles. The zero-order valence-electron chi connectivity index (χ0n) is 16.3. The molecule has 1 N–H and O–H groups in total. The molecular formula is C22H28N2O3. The average molecular weight is 368 g/mol. The van der Waals surface area contributed by atoms with Crippen molar-refractivity contribution in [2.45, 2.75) is 25.8 Å². The van der Waals surface area contributed by atoms with Gasteiger partial charge in [-0.1, -0.05) is 24.3 Å². The van der Waals surface area contributed by atoms with Crippen molar-refractivity contribution in [2.24, 2.45) is 0 Å². The molecule has 0 spiro atoms. The fourth-order valence-electron chi connectivity index (χ4n) is 3.72. The van der Waals surface area contributed by atoms with Crippen LogP contribution in [0.15, 0.2) is 42.5 Å². The van der Waals surface area contributed by atoms with Crippen molar-refractivity contribution in [1.29, 1.82) is 0 Å². The normalized spacial score (nSPS) is 15.4. The Bertz CT molecular complexity index is 785. The van der Waals surface area contributed by atoms with Crippen molar-refractivity contribution in [3.05, 3.63) is 59.2 Å². The fourth-order valence-corrected chi connectivity index (χ4v) is 3.72. The van der Waals surface area contributed by atoms with E-state index in [1.807, 2.05) is 0 Å². The number of amides is 1. The first-order valence-corrected chi connectivity index (χ1v) is 9.44. The minimum absolute atomic E-state index is 0.103. The summed E-state index contributed by atoms with van der Waals surface area (Å²) in [6.07, 6.45) is 2.43. The highest BCUT2D eigenvalue weighted by molar-refractivity contribution is 5.94. The molecule has 2 aromatic carbocycles. The third-order valence-corrected chi connectivity index (χ3v) is 5.23. The van der Waals surface area contributed by atoms with E-state index >= 15 is 0 Å². The molecule has 0 aliphatic carbocycles. The lowest BCUT2D eigenvalue weighted by atomic mass is 10.00. The predicted octanol–water partition coefficient (Wildman–Crippen LogP) is 3.58. The van der Waals surface area contributed by atoms with Crippen molar-refractivity contribution in [1.82, 2.24) is 10.2 Å². The summed E-state index contributed by atoms with van der Waals surface area (Å²) in [6.45, 7) is 4.86. The zero-order chi connectivity index (χ0) is 19.2. The Balaban J connectivity index is 1.75. The predicted molar refractivity (Wildman–Crippen MR) is 107 cm³/mol. The number of likely N-dealkylation sites (tertiary alicyclic amines) is 1. The fraction of sp³-hybridized carbons (Fsp3) is 0.409. The molecule has 1 unspecified atom stereocenters. The Hall–Kier alpha value is -2.53. The Kier molecular flexibility index (Phi) is 6.35. The molecule has 1 amide bonds. The standard InChI is InChI=1S/C22H28N2O3/c1-16-8-4-5-9-18(16)19(24-12-6-7-13-24)15-23-22(25)17-10-11-20(26-2)21(14-17)27-3/h4-5,8-11,14,19H,6-7,12-13,15H2,1-3H3,(H,23,25). The number of carbonyl (C=O) groups excluding carboxylic acids is 1. The number of nitrogens with zero attached hydrogens (tertiary/aromatic N) is 1. The van der Waals surface area contributed by atoms with E-state index in [4.69, 9.17) is 9.47 Å². The first-order chi connectivity index (χ1) is 13.1. The van der Waals surface area contributed by atoms with Gasteiger partial charge in [-0.2, -0.15) is 0 Å². The first-order valence-electron chi connectivity index (χ1n) is 9.44. The molecule has 0 bridgehead atoms. The Labute approximate surface area is 161 Å². The monoisotopic (exact) mass is 368 g/mol. The second-order valence-electron chi connectivity index (χ2n) is 6.90. The van der Waals surface area contributed by atoms with Gasteiger partial charge in [0.25, 0.3) is 5.91 Å². The summed E-state index contributed by atoms with van der Waals surface area (Å²) in [5.41, 5.74) is 3.11. The van der Waals surface area contributed by atoms with Gasteiger partial charge in [0.2, 0.25) is 0 Å². The van der Waals surface area contributed by atoms with Crippen LogP contribution in [0.3, 0.4) is 0 Å². The van der Waals surface area contributed by atoms with Gasteiger partial charge in [-0.05, 0) is 62.2 Å². The number of hydrogen-bond donors (Lipinski definition) is 1. The lowest BCUT2D eigenvalue weighted by Crippen LogP contribution is -2.37. The maximum absolute atomic E-state index is 12.7. The van der Waals surface area contributed by atoms with E-state index in [0.717, 1.165) is 13.1 Å². The van der Waals surface area contributed by atoms with E-state index in [1.54, 1.807) is 32.4 Å². The van der Waals surface area contributed by atoms with E-state index in [2.05, 4.69) is 41.4 Å². The number of carbonyl (C=O) groups is 1. The molecule has 144 valence electrons. The minimum Gasteiger partial charge on any atom is -0.493 e. The van der Waals surface area contributed by atoms with Crippen LogP contribution in [0.2, 0.25) is 0 Å². The first kappa shape index (κ1) is 19.2. The number of methoxy groups -OCH3 is 2. The number of ether oxygens (including phenoxy) is 2. The molecule has 0 aromatic heterocycles. The van der Waals surface area contributed by atoms with Gasteiger partial charge in [0.05, 0.1) is 20.3 Å². The summed E-state index contributed by atoms with van der Waals surface area (Å²) in [6, 6.07) is 13.9. The number of rotatable bonds is 7. The molecule has 27 heavy (non-hydrogen) atoms. The number of aryl methyl sites for hydroxylation is 1. The van der Waals surface area contributed by atoms with Crippen molar-refractivity contribution in [2.75, 3.05) is 33.9 Å². The van der Waals surface area contributed by atoms with Gasteiger partial charge in [-0.15, -0.1) is 0 Å². The van der Waals surface area contributed by atoms with Crippen LogP contribution in [0.1, 0.15) is 40.4 Å². The molecule has 1 aliphatic heterocycles. The molecule has 1 fully saturated rings. The van der Waals surface area contributed by atoms with Gasteiger partial charge in [0, 0.05) is 12.1 Å². The van der Waals surface area contributed by atoms with Crippen LogP contribution in [-0.2, 0) is 0 Å². The Morgan fingerprint density at radius 2 is 1.78 bits per heavy atom. The molecular weight excluding hydrogens is 340 g/mol. The van der Waals surface area contributed by atoms with Crippen LogP contribution >= 0.6 is 0 Å². The quantitative estimate of drug-likeness (QED) is 0.812. The highest BCUT2D eigenvalue weighted by Crippen LogP contribution is 2.29. The topological polar surface area (TPSA) is 50.8 Å². The van der Waals surface area contributed by atoms with E-state index in [1.165, 1.54) is 24.0 Å². The second kappa shape index (κ2) is 8.91. The van der Waals surface area contributed by atoms with Gasteiger partial charge in [-0.3, -0.25) is 9.69 Å². The third kappa shape index (κ3) is 4.42. The van der Waals surface area contributed by atoms with Crippen LogP contribution < -0.4 is 14.8 Å². The van der Waals surface area contributed by atoms with Gasteiger partial charge in [0.1, 0.15) is 0 Å². The van der Waals surface area contributed by atoms with Crippen molar-refractivity contribution in [3.63, 3.8) is 0 Å². The third-order valence-electron chi connectivity index (χ3n) is 5.23.